The van der Waals surface area contributed by atoms with Crippen molar-refractivity contribution in [2.45, 2.75) is 295 Å². The van der Waals surface area contributed by atoms with Crippen molar-refractivity contribution in [3.05, 3.63) is 17.7 Å². The molecule has 6 heterocycles. The zero-order chi connectivity index (χ0) is 83.1. The molecule has 2 saturated heterocycles. The number of carbonyl (C=O) groups is 8. The van der Waals surface area contributed by atoms with Gasteiger partial charge in [0.1, 0.15) is 72.9 Å². The van der Waals surface area contributed by atoms with Crippen LogP contribution in [-0.4, -0.2) is 273 Å². The molecule has 6 aliphatic heterocycles. The molecule has 21 N–H and O–H groups in total. The van der Waals surface area contributed by atoms with Gasteiger partial charge in [0.25, 0.3) is 0 Å². The molecule has 14 aliphatic rings. The average Bonchev–Trinajstić information content (AvgIpc) is 0.752. The third-order valence-corrected chi connectivity index (χ3v) is 28.2. The van der Waals surface area contributed by atoms with E-state index in [9.17, 15) is 55.5 Å². The molecule has 33 nitrogen and oxygen atoms in total. The van der Waals surface area contributed by atoms with Crippen LogP contribution in [0.15, 0.2) is 12.1 Å². The first kappa shape index (κ1) is 89.7. The fourth-order valence-corrected chi connectivity index (χ4v) is 22.1. The number of hydrogen-bond donors (Lipinski definition) is 20. The lowest BCUT2D eigenvalue weighted by Gasteiger charge is -2.55. The van der Waals surface area contributed by atoms with E-state index >= 15 is 28.8 Å². The maximum absolute atomic E-state index is 16.5. The summed E-state index contributed by atoms with van der Waals surface area (Å²) in [6.45, 7) is 8.14. The molecule has 15 bridgehead atoms. The predicted octanol–water partition coefficient (Wildman–Crippen LogP) is -1.11. The largest absolute Gasteiger partial charge is 0.485 e. The van der Waals surface area contributed by atoms with E-state index in [2.05, 4.69) is 60.1 Å². The van der Waals surface area contributed by atoms with Crippen LogP contribution >= 0.6 is 23.2 Å². The molecule has 116 heavy (non-hydrogen) atoms. The molecule has 5 unspecified atom stereocenters. The Bertz CT molecular complexity index is 3510. The van der Waals surface area contributed by atoms with Crippen LogP contribution in [0.25, 0.3) is 0 Å². The summed E-state index contributed by atoms with van der Waals surface area (Å²) in [6.07, 6.45) is -10.5. The van der Waals surface area contributed by atoms with Gasteiger partial charge >= 0.3 is 0 Å². The minimum Gasteiger partial charge on any atom is -0.485 e. The summed E-state index contributed by atoms with van der Waals surface area (Å²) in [7, 11) is 1.54. The number of carbonyl (C=O) groups excluding carboxylic acids is 8. The smallest absolute Gasteiger partial charge is 0.247 e. The lowest BCUT2D eigenvalue weighted by molar-refractivity contribution is -0.278. The number of alkyl halides is 2. The minimum atomic E-state index is -2.13. The Labute approximate surface area is 687 Å². The molecule has 1 aromatic carbocycles. The highest BCUT2D eigenvalue weighted by Crippen LogP contribution is 2.55. The van der Waals surface area contributed by atoms with Gasteiger partial charge in [-0.2, -0.15) is 0 Å². The van der Waals surface area contributed by atoms with Crippen molar-refractivity contribution < 1.29 is 108 Å². The van der Waals surface area contributed by atoms with E-state index in [-0.39, 0.29) is 118 Å². The van der Waals surface area contributed by atoms with Crippen molar-refractivity contribution >= 4 is 70.5 Å². The standard InChI is InChI=1S/C81H127Cl2N11O22/c1-5-86-17-9-7-6-8-10-19-112-20-18-87-34-47-53(97)32-46-60(69(47)101)45-27-39(11-14-52(45)96)62-76(107)94-66(80(111)92-64(46)78(109)89-61-42-23-37-22-38(25-42)26-43(61)24-37)68(100)41-13-16-55(49(83)29-41)114-57-31-44-30-56(73(57)116-81-72(104)71(103)70(102)58(35-95)115-81)113-54-15-12-40(28-48(54)82)67(99)65(93-74(105)50(85-4)21-36(2)3)79(110)88-51(33-59(84)98)75(106)90-63(44)77(108)91-62/h30-31,36-43,45-55,58,60-72,81,85-87,95-97,99-104H,5-29,32-35H2,1-4H3,(H2,84,98)(H,88,110)(H,89,109)(H,90,106)(H,91,108)(H,92,111)(H,93,105)(H,94,107)/t37?,38?,39-,40-,41-,42?,43?,45?,46?,47?,48+,49-,50+,51-,52+,53-,54+,55+,58+,60?,61?,62+,63+,64-,65+,66-,67+,68+,69?,70+,71-,72+,81-/m0/s1. The van der Waals surface area contributed by atoms with Gasteiger partial charge in [0.05, 0.1) is 67.0 Å². The maximum atomic E-state index is 16.5. The number of nitrogens with two attached hydrogens (primary N) is 1. The molecule has 1 aromatic rings. The molecule has 10 fully saturated rings. The summed E-state index contributed by atoms with van der Waals surface area (Å²) in [4.78, 5) is 123. The number of rotatable bonds is 26. The topological polar surface area (TPSA) is 511 Å². The number of fused-ring (bicyclic) bond motifs is 15. The van der Waals surface area contributed by atoms with Gasteiger partial charge in [-0.15, -0.1) is 23.2 Å². The number of likely N-dealkylation sites (N-methyl/N-ethyl adjacent to an activating group) is 1. The number of benzene rings is 1. The van der Waals surface area contributed by atoms with Gasteiger partial charge in [-0.25, -0.2) is 0 Å². The molecule has 35 heteroatoms. The molecule has 8 saturated carbocycles. The van der Waals surface area contributed by atoms with Crippen molar-refractivity contribution in [1.82, 2.24) is 53.2 Å². The highest BCUT2D eigenvalue weighted by atomic mass is 35.5. The van der Waals surface area contributed by atoms with Gasteiger partial charge in [0.15, 0.2) is 11.5 Å². The van der Waals surface area contributed by atoms with Crippen LogP contribution < -0.4 is 73.1 Å². The quantitative estimate of drug-likeness (QED) is 0.0386. The number of aliphatic hydroxyl groups excluding tert-OH is 9. The van der Waals surface area contributed by atoms with Gasteiger partial charge in [0.2, 0.25) is 59.3 Å². The molecular formula is C81H127Cl2N11O22. The third kappa shape index (κ3) is 20.9. The second kappa shape index (κ2) is 40.4. The Hall–Kier alpha value is -5.60. The molecule has 0 radical (unpaired) electrons. The SMILES string of the molecule is CCNCCCCCCCOCCNCC1C(O)C2C3C[C@H](CC[C@H]3O)[C@H]3NC(=O)[C@@H]4NC(=O)[C@H](CC(N)=O)NC(=O)[C@H](NC(=O)[C@@H](CC(C)C)NC)[C@H](O)[C@H]5CC[C@@H](Oc6cc4cc(c6O[C@@H]4O[C@H](CO)[C@@H](O)[C@H](O)[C@H]4O)O[C@@H]4CC[C@@H](C[C@@H]4Cl)[C@@H](O)[C@H](NC3=O)C(=O)N[C@H](C(=O)NC3C4CC6CC(C4)CC3C6)C2C[C@@H]1O)[C@H](Cl)C5. The molecule has 652 valence electrons. The van der Waals surface area contributed by atoms with E-state index in [4.69, 9.17) is 52.6 Å². The summed E-state index contributed by atoms with van der Waals surface area (Å²) >= 11 is 14.8. The van der Waals surface area contributed by atoms with E-state index in [0.717, 1.165) is 77.3 Å². The van der Waals surface area contributed by atoms with Crippen LogP contribution in [0.4, 0.5) is 0 Å². The monoisotopic (exact) mass is 1680 g/mol. The molecule has 0 spiro atoms. The Morgan fingerprint density at radius 3 is 1.86 bits per heavy atom. The van der Waals surface area contributed by atoms with Crippen molar-refractivity contribution in [3.63, 3.8) is 0 Å². The van der Waals surface area contributed by atoms with Crippen molar-refractivity contribution in [1.29, 1.82) is 0 Å². The minimum absolute atomic E-state index is 0.00117. The first-order valence-electron chi connectivity index (χ1n) is 42.8. The number of ether oxygens (including phenoxy) is 5. The first-order chi connectivity index (χ1) is 55.5. The van der Waals surface area contributed by atoms with Crippen molar-refractivity contribution in [2.24, 2.45) is 76.7 Å². The first-order valence-corrected chi connectivity index (χ1v) is 43.6. The second-order valence-electron chi connectivity index (χ2n) is 35.6. The molecular weight excluding hydrogens is 1550 g/mol. The second-order valence-corrected chi connectivity index (χ2v) is 36.7. The summed E-state index contributed by atoms with van der Waals surface area (Å²) < 4.78 is 32.3. The van der Waals surface area contributed by atoms with Crippen LogP contribution in [0.2, 0.25) is 0 Å². The third-order valence-electron chi connectivity index (χ3n) is 27.3. The number of nitrogens with one attached hydrogen (secondary N) is 10. The van der Waals surface area contributed by atoms with Crippen LogP contribution in [-0.2, 0) is 47.8 Å². The summed E-state index contributed by atoms with van der Waals surface area (Å²) in [5.41, 5.74) is 5.63. The number of hydrogen-bond acceptors (Lipinski definition) is 25. The van der Waals surface area contributed by atoms with Gasteiger partial charge in [-0.1, -0.05) is 40.0 Å². The Morgan fingerprint density at radius 1 is 0.603 bits per heavy atom. The summed E-state index contributed by atoms with van der Waals surface area (Å²) in [6, 6.07) is -9.94. The zero-order valence-corrected chi connectivity index (χ0v) is 68.5. The highest BCUT2D eigenvalue weighted by molar-refractivity contribution is 6.21. The van der Waals surface area contributed by atoms with Crippen LogP contribution in [0, 0.1) is 71.0 Å². The Morgan fingerprint density at radius 2 is 1.23 bits per heavy atom. The van der Waals surface area contributed by atoms with Gasteiger partial charge in [-0.05, 0) is 219 Å². The highest BCUT2D eigenvalue weighted by Gasteiger charge is 2.58. The molecule has 8 aliphatic carbocycles. The number of primary amides is 1. The van der Waals surface area contributed by atoms with E-state index in [0.29, 0.717) is 31.6 Å². The molecule has 15 rings (SSSR count). The van der Waals surface area contributed by atoms with Crippen LogP contribution in [0.3, 0.4) is 0 Å². The van der Waals surface area contributed by atoms with Crippen molar-refractivity contribution in [3.8, 4) is 17.2 Å². The van der Waals surface area contributed by atoms with Gasteiger partial charge in [0, 0.05) is 31.7 Å². The lowest BCUT2D eigenvalue weighted by Crippen LogP contribution is -2.68. The number of amides is 8. The van der Waals surface area contributed by atoms with Gasteiger partial charge in [-0.3, -0.25) is 38.4 Å². The normalized spacial score (nSPS) is 40.2. The maximum Gasteiger partial charge on any atom is 0.247 e. The molecule has 0 aromatic heterocycles. The number of halogens is 2. The fraction of sp³-hybridized carbons (Fsp3) is 0.827. The average molecular weight is 1680 g/mol. The summed E-state index contributed by atoms with van der Waals surface area (Å²) in [5, 5.41) is 136. The predicted molar refractivity (Wildman–Crippen MR) is 421 cm³/mol. The van der Waals surface area contributed by atoms with E-state index in [1.165, 1.54) is 12.1 Å². The van der Waals surface area contributed by atoms with E-state index in [1.807, 2.05) is 13.8 Å². The van der Waals surface area contributed by atoms with E-state index in [1.54, 1.807) is 7.05 Å². The lowest BCUT2D eigenvalue weighted by atomic mass is 9.54. The zero-order valence-electron chi connectivity index (χ0n) is 67.0. The Kier molecular flexibility index (Phi) is 31.2. The molecule has 28 atom stereocenters. The molecule has 8 amide bonds. The Balaban J connectivity index is 0.956. The number of aliphatic hydroxyl groups is 9. The summed E-state index contributed by atoms with van der Waals surface area (Å²) in [5.74, 6) is -15.0. The van der Waals surface area contributed by atoms with Crippen molar-refractivity contribution in [2.75, 3.05) is 53.0 Å². The number of unbranched alkanes of at least 4 members (excludes halogenated alkanes) is 4. The van der Waals surface area contributed by atoms with Crippen LogP contribution in [0.5, 0.6) is 17.2 Å². The van der Waals surface area contributed by atoms with Crippen LogP contribution in [0.1, 0.15) is 174 Å². The van der Waals surface area contributed by atoms with Gasteiger partial charge < -0.3 is 129 Å². The van der Waals surface area contributed by atoms with E-state index < -0.39 is 234 Å². The fourth-order valence-electron chi connectivity index (χ4n) is 21.3.